The van der Waals surface area contributed by atoms with Gasteiger partial charge in [-0.2, -0.15) is 0 Å². The molecule has 0 aliphatic heterocycles. The van der Waals surface area contributed by atoms with Crippen molar-refractivity contribution in [2.45, 2.75) is 33.1 Å². The number of hydrogen-bond donors (Lipinski definition) is 1. The molecule has 11 heavy (non-hydrogen) atoms. The average Bonchev–Trinajstić information content (AvgIpc) is 1.97. The summed E-state index contributed by atoms with van der Waals surface area (Å²) in [6, 6.07) is 0. The lowest BCUT2D eigenvalue weighted by Crippen LogP contribution is -2.31. The van der Waals surface area contributed by atoms with Crippen LogP contribution >= 0.6 is 0 Å². The van der Waals surface area contributed by atoms with Gasteiger partial charge < -0.3 is 0 Å². The van der Waals surface area contributed by atoms with Crippen molar-refractivity contribution >= 4 is 0 Å². The lowest BCUT2D eigenvalue weighted by molar-refractivity contribution is 0.282. The molecular weight excluding hydrogens is 136 g/mol. The molecule has 0 aromatic carbocycles. The van der Waals surface area contributed by atoms with E-state index in [1.54, 1.807) is 0 Å². The van der Waals surface area contributed by atoms with Crippen LogP contribution in [-0.4, -0.2) is 25.6 Å². The van der Waals surface area contributed by atoms with Crippen LogP contribution in [0.2, 0.25) is 0 Å². The zero-order chi connectivity index (χ0) is 8.69. The molecule has 0 heterocycles. The third-order valence-electron chi connectivity index (χ3n) is 2.00. The molecule has 68 valence electrons. The molecule has 1 N–H and O–H groups in total. The van der Waals surface area contributed by atoms with Gasteiger partial charge in [0, 0.05) is 20.6 Å². The Morgan fingerprint density at radius 2 is 2.00 bits per heavy atom. The molecule has 0 rings (SSSR count). The fraction of sp³-hybridized carbons (Fsp3) is 1.00. The summed E-state index contributed by atoms with van der Waals surface area (Å²) in [4.78, 5) is 0. The Morgan fingerprint density at radius 3 is 2.45 bits per heavy atom. The van der Waals surface area contributed by atoms with E-state index in [4.69, 9.17) is 0 Å². The van der Waals surface area contributed by atoms with E-state index in [1.807, 2.05) is 19.1 Å². The second-order valence-corrected chi connectivity index (χ2v) is 3.46. The second kappa shape index (κ2) is 6.62. The molecule has 0 amide bonds. The molecule has 0 spiro atoms. The Kier molecular flexibility index (Phi) is 6.57. The van der Waals surface area contributed by atoms with Gasteiger partial charge in [0.1, 0.15) is 0 Å². The number of hydrazine groups is 1. The summed E-state index contributed by atoms with van der Waals surface area (Å²) < 4.78 is 0. The molecule has 0 saturated heterocycles. The molecule has 0 aliphatic rings. The van der Waals surface area contributed by atoms with Crippen molar-refractivity contribution in [1.82, 2.24) is 10.4 Å². The average molecular weight is 158 g/mol. The van der Waals surface area contributed by atoms with Gasteiger partial charge in [0.15, 0.2) is 0 Å². The molecule has 0 fully saturated rings. The Labute approximate surface area is 70.9 Å². The molecule has 0 bridgehead atoms. The first-order chi connectivity index (χ1) is 5.16. The highest BCUT2D eigenvalue weighted by atomic mass is 15.5. The van der Waals surface area contributed by atoms with Gasteiger partial charge >= 0.3 is 0 Å². The van der Waals surface area contributed by atoms with Gasteiger partial charge in [-0.15, -0.1) is 0 Å². The maximum absolute atomic E-state index is 3.26. The molecule has 0 aliphatic carbocycles. The smallest absolute Gasteiger partial charge is 0.0102 e. The fourth-order valence-electron chi connectivity index (χ4n) is 0.957. The lowest BCUT2D eigenvalue weighted by atomic mass is 10.0. The van der Waals surface area contributed by atoms with Crippen LogP contribution < -0.4 is 5.43 Å². The molecule has 2 nitrogen and oxygen atoms in total. The van der Waals surface area contributed by atoms with Crippen LogP contribution in [0.25, 0.3) is 0 Å². The van der Waals surface area contributed by atoms with Crippen LogP contribution in [0.3, 0.4) is 0 Å². The molecular formula is C9H22N2. The highest BCUT2D eigenvalue weighted by Gasteiger charge is 1.97. The fourth-order valence-corrected chi connectivity index (χ4v) is 0.957. The standard InChI is InChI=1S/C9H22N2/c1-5-9(2)7-6-8-10-11(3)4/h9-10H,5-8H2,1-4H3. The van der Waals surface area contributed by atoms with Crippen molar-refractivity contribution in [3.05, 3.63) is 0 Å². The lowest BCUT2D eigenvalue weighted by Gasteiger charge is -2.12. The van der Waals surface area contributed by atoms with Crippen molar-refractivity contribution in [3.8, 4) is 0 Å². The molecule has 0 radical (unpaired) electrons. The quantitative estimate of drug-likeness (QED) is 0.469. The number of hydrogen-bond acceptors (Lipinski definition) is 2. The monoisotopic (exact) mass is 158 g/mol. The molecule has 0 aromatic heterocycles. The van der Waals surface area contributed by atoms with Gasteiger partial charge in [0.05, 0.1) is 0 Å². The summed E-state index contributed by atoms with van der Waals surface area (Å²) in [5.41, 5.74) is 3.26. The highest BCUT2D eigenvalue weighted by molar-refractivity contribution is 4.51. The predicted molar refractivity (Wildman–Crippen MR) is 50.4 cm³/mol. The Bertz CT molecular complexity index is 81.6. The van der Waals surface area contributed by atoms with Crippen molar-refractivity contribution in [2.75, 3.05) is 20.6 Å². The number of rotatable bonds is 6. The topological polar surface area (TPSA) is 15.3 Å². The Morgan fingerprint density at radius 1 is 1.36 bits per heavy atom. The minimum absolute atomic E-state index is 0.888. The highest BCUT2D eigenvalue weighted by Crippen LogP contribution is 2.07. The zero-order valence-corrected chi connectivity index (χ0v) is 8.35. The summed E-state index contributed by atoms with van der Waals surface area (Å²) >= 11 is 0. The van der Waals surface area contributed by atoms with Gasteiger partial charge in [0.2, 0.25) is 0 Å². The maximum atomic E-state index is 3.26. The van der Waals surface area contributed by atoms with Crippen LogP contribution in [0.15, 0.2) is 0 Å². The van der Waals surface area contributed by atoms with Crippen molar-refractivity contribution in [3.63, 3.8) is 0 Å². The maximum Gasteiger partial charge on any atom is 0.0102 e. The Balaban J connectivity index is 3.01. The van der Waals surface area contributed by atoms with Gasteiger partial charge in [-0.1, -0.05) is 20.3 Å². The molecule has 1 unspecified atom stereocenters. The zero-order valence-electron chi connectivity index (χ0n) is 8.35. The summed E-state index contributed by atoms with van der Waals surface area (Å²) in [6.45, 7) is 5.68. The first kappa shape index (κ1) is 10.9. The van der Waals surface area contributed by atoms with E-state index in [0.717, 1.165) is 12.5 Å². The number of nitrogens with one attached hydrogen (secondary N) is 1. The minimum atomic E-state index is 0.888. The Hall–Kier alpha value is -0.0800. The minimum Gasteiger partial charge on any atom is -0.256 e. The summed E-state index contributed by atoms with van der Waals surface area (Å²) in [5, 5.41) is 2.01. The summed E-state index contributed by atoms with van der Waals surface area (Å²) in [7, 11) is 4.06. The van der Waals surface area contributed by atoms with E-state index in [-0.39, 0.29) is 0 Å². The van der Waals surface area contributed by atoms with Crippen LogP contribution in [0, 0.1) is 5.92 Å². The van der Waals surface area contributed by atoms with Crippen molar-refractivity contribution < 1.29 is 0 Å². The van der Waals surface area contributed by atoms with E-state index >= 15 is 0 Å². The third-order valence-corrected chi connectivity index (χ3v) is 2.00. The van der Waals surface area contributed by atoms with Gasteiger partial charge in [-0.25, -0.2) is 0 Å². The number of nitrogens with zero attached hydrogens (tertiary/aromatic N) is 1. The molecule has 1 atom stereocenters. The summed E-state index contributed by atoms with van der Waals surface area (Å²) in [6.07, 6.45) is 3.94. The van der Waals surface area contributed by atoms with E-state index in [9.17, 15) is 0 Å². The van der Waals surface area contributed by atoms with Gasteiger partial charge in [-0.05, 0) is 18.8 Å². The molecule has 2 heteroatoms. The second-order valence-electron chi connectivity index (χ2n) is 3.46. The van der Waals surface area contributed by atoms with E-state index in [2.05, 4.69) is 19.3 Å². The van der Waals surface area contributed by atoms with E-state index < -0.39 is 0 Å². The predicted octanol–water partition coefficient (Wildman–Crippen LogP) is 1.88. The molecule has 0 saturated carbocycles. The van der Waals surface area contributed by atoms with Crippen molar-refractivity contribution in [1.29, 1.82) is 0 Å². The van der Waals surface area contributed by atoms with E-state index in [1.165, 1.54) is 19.3 Å². The van der Waals surface area contributed by atoms with Gasteiger partial charge in [-0.3, -0.25) is 10.4 Å². The molecule has 0 aromatic rings. The van der Waals surface area contributed by atoms with Crippen LogP contribution in [0.5, 0.6) is 0 Å². The van der Waals surface area contributed by atoms with E-state index in [0.29, 0.717) is 0 Å². The summed E-state index contributed by atoms with van der Waals surface area (Å²) in [5.74, 6) is 0.888. The third kappa shape index (κ3) is 7.82. The first-order valence-corrected chi connectivity index (χ1v) is 4.57. The first-order valence-electron chi connectivity index (χ1n) is 4.57. The largest absolute Gasteiger partial charge is 0.256 e. The van der Waals surface area contributed by atoms with Crippen LogP contribution in [0.4, 0.5) is 0 Å². The SMILES string of the molecule is CCC(C)CCCNN(C)C. The van der Waals surface area contributed by atoms with Crippen molar-refractivity contribution in [2.24, 2.45) is 5.92 Å². The van der Waals surface area contributed by atoms with Gasteiger partial charge in [0.25, 0.3) is 0 Å². The van der Waals surface area contributed by atoms with Crippen LogP contribution in [-0.2, 0) is 0 Å². The van der Waals surface area contributed by atoms with Crippen LogP contribution in [0.1, 0.15) is 33.1 Å². The normalized spacial score (nSPS) is 13.9.